The molecule has 35 heavy (non-hydrogen) atoms. The highest BCUT2D eigenvalue weighted by molar-refractivity contribution is 7.20. The quantitative estimate of drug-likeness (QED) is 0.387. The molecule has 0 spiro atoms. The summed E-state index contributed by atoms with van der Waals surface area (Å²) in [6, 6.07) is 16.1. The zero-order valence-corrected chi connectivity index (χ0v) is 20.8. The van der Waals surface area contributed by atoms with Gasteiger partial charge in [0.25, 0.3) is 11.8 Å². The Kier molecular flexibility index (Phi) is 6.78. The minimum absolute atomic E-state index is 0.0507. The van der Waals surface area contributed by atoms with E-state index in [1.54, 1.807) is 11.3 Å². The van der Waals surface area contributed by atoms with Crippen molar-refractivity contribution >= 4 is 61.1 Å². The maximum absolute atomic E-state index is 13.0. The number of carbonyl (C=O) groups is 2. The van der Waals surface area contributed by atoms with Gasteiger partial charge in [0.05, 0.1) is 18.8 Å². The topological polar surface area (TPSA) is 101 Å². The number of rotatable bonds is 7. The van der Waals surface area contributed by atoms with Crippen molar-refractivity contribution in [3.8, 4) is 0 Å². The molecule has 1 aliphatic rings. The number of carbonyl (C=O) groups excluding carboxylic acids is 2. The number of aromatic nitrogens is 1. The molecule has 5 rings (SSSR count). The molecule has 3 heterocycles. The average molecular weight is 508 g/mol. The van der Waals surface area contributed by atoms with Crippen molar-refractivity contribution in [3.63, 3.8) is 0 Å². The molecule has 10 heteroatoms. The van der Waals surface area contributed by atoms with Gasteiger partial charge in [0.2, 0.25) is 0 Å². The largest absolute Gasteiger partial charge is 0.379 e. The Balaban J connectivity index is 1.33. The van der Waals surface area contributed by atoms with Crippen molar-refractivity contribution in [2.24, 2.45) is 5.73 Å². The Hall–Kier alpha value is -3.31. The number of benzene rings is 2. The summed E-state index contributed by atoms with van der Waals surface area (Å²) in [6.45, 7) is 4.02. The number of nitrogens with one attached hydrogen (secondary N) is 1. The predicted octanol–water partition coefficient (Wildman–Crippen LogP) is 4.31. The van der Waals surface area contributed by atoms with Gasteiger partial charge in [-0.05, 0) is 29.0 Å². The molecule has 1 saturated heterocycles. The van der Waals surface area contributed by atoms with E-state index in [1.807, 2.05) is 53.7 Å². The molecule has 1 aliphatic heterocycles. The third kappa shape index (κ3) is 5.20. The third-order valence-electron chi connectivity index (χ3n) is 5.88. The normalized spacial score (nSPS) is 14.2. The predicted molar refractivity (Wildman–Crippen MR) is 141 cm³/mol. The molecular formula is C25H25N5O3S2. The second-order valence-corrected chi connectivity index (χ2v) is 10.2. The fraction of sp³-hybridized carbons (Fsp3) is 0.240. The number of thiophene rings is 1. The fourth-order valence-electron chi connectivity index (χ4n) is 3.94. The molecule has 0 radical (unpaired) electrons. The highest BCUT2D eigenvalue weighted by Gasteiger charge is 2.22. The van der Waals surface area contributed by atoms with Crippen molar-refractivity contribution in [2.45, 2.75) is 6.54 Å². The lowest BCUT2D eigenvalue weighted by molar-refractivity contribution is 0.0346. The number of hydrogen-bond donors (Lipinski definition) is 2. The molecule has 4 aromatic rings. The summed E-state index contributed by atoms with van der Waals surface area (Å²) >= 11 is 2.76. The van der Waals surface area contributed by atoms with Crippen LogP contribution in [0, 0.1) is 0 Å². The van der Waals surface area contributed by atoms with Crippen LogP contribution in [0.3, 0.4) is 0 Å². The lowest BCUT2D eigenvalue weighted by Crippen LogP contribution is -2.35. The number of ether oxygens (including phenoxy) is 1. The number of thiazole rings is 1. The molecule has 0 unspecified atom stereocenters. The minimum atomic E-state index is -0.687. The highest BCUT2D eigenvalue weighted by Crippen LogP contribution is 2.35. The van der Waals surface area contributed by atoms with E-state index in [9.17, 15) is 9.59 Å². The Morgan fingerprint density at radius 3 is 2.69 bits per heavy atom. The second-order valence-electron chi connectivity index (χ2n) is 8.27. The molecule has 0 bridgehead atoms. The number of primary amides is 1. The fourth-order valence-corrected chi connectivity index (χ4v) is 5.79. The van der Waals surface area contributed by atoms with Gasteiger partial charge in [0.1, 0.15) is 5.00 Å². The van der Waals surface area contributed by atoms with Gasteiger partial charge in [0, 0.05) is 42.6 Å². The van der Waals surface area contributed by atoms with Crippen molar-refractivity contribution in [2.75, 3.05) is 43.6 Å². The molecule has 8 nitrogen and oxygen atoms in total. The van der Waals surface area contributed by atoms with E-state index < -0.39 is 5.91 Å². The molecule has 0 aliphatic carbocycles. The number of fused-ring (bicyclic) bond motifs is 1. The molecule has 2 aromatic heterocycles. The van der Waals surface area contributed by atoms with E-state index >= 15 is 0 Å². The van der Waals surface area contributed by atoms with Gasteiger partial charge in [-0.3, -0.25) is 14.5 Å². The van der Waals surface area contributed by atoms with E-state index in [0.717, 1.165) is 54.2 Å². The van der Waals surface area contributed by atoms with Crippen molar-refractivity contribution in [1.82, 2.24) is 9.88 Å². The van der Waals surface area contributed by atoms with Crippen LogP contribution in [0.5, 0.6) is 0 Å². The first kappa shape index (κ1) is 23.4. The van der Waals surface area contributed by atoms with Crippen LogP contribution in [-0.2, 0) is 11.3 Å². The standard InChI is InChI=1S/C25H25N5O3S2/c1-29(19-7-6-16-4-2-3-5-17(16)12-19)25-27-21(22(26)31)24(35-25)28-23(32)18-13-20(34-15-18)14-30-8-10-33-11-9-30/h2-7,12-13,15H,8-11,14H2,1H3,(H2,26,31)(H,28,32). The summed E-state index contributed by atoms with van der Waals surface area (Å²) in [5.41, 5.74) is 7.10. The SMILES string of the molecule is CN(c1ccc2ccccc2c1)c1nc(C(N)=O)c(NC(=O)c2csc(CN3CCOCC3)c2)s1. The minimum Gasteiger partial charge on any atom is -0.379 e. The molecule has 1 fully saturated rings. The van der Waals surface area contributed by atoms with Crippen LogP contribution in [0.4, 0.5) is 15.8 Å². The van der Waals surface area contributed by atoms with Crippen LogP contribution in [-0.4, -0.2) is 55.0 Å². The number of nitrogens with two attached hydrogens (primary N) is 1. The summed E-state index contributed by atoms with van der Waals surface area (Å²) < 4.78 is 5.40. The molecule has 2 aromatic carbocycles. The zero-order valence-electron chi connectivity index (χ0n) is 19.2. The summed E-state index contributed by atoms with van der Waals surface area (Å²) in [7, 11) is 1.87. The first-order valence-corrected chi connectivity index (χ1v) is 12.9. The van der Waals surface area contributed by atoms with E-state index in [-0.39, 0.29) is 11.6 Å². The summed E-state index contributed by atoms with van der Waals surface area (Å²) in [4.78, 5) is 34.8. The van der Waals surface area contributed by atoms with Crippen LogP contribution < -0.4 is 16.0 Å². The van der Waals surface area contributed by atoms with Crippen molar-refractivity contribution in [3.05, 3.63) is 70.0 Å². The molecule has 180 valence electrons. The van der Waals surface area contributed by atoms with Crippen molar-refractivity contribution in [1.29, 1.82) is 0 Å². The highest BCUT2D eigenvalue weighted by atomic mass is 32.1. The summed E-state index contributed by atoms with van der Waals surface area (Å²) in [5.74, 6) is -0.978. The molecule has 3 N–H and O–H groups in total. The molecular weight excluding hydrogens is 482 g/mol. The number of anilines is 3. The van der Waals surface area contributed by atoms with Gasteiger partial charge in [-0.25, -0.2) is 4.98 Å². The Morgan fingerprint density at radius 1 is 1.14 bits per heavy atom. The molecule has 2 amide bonds. The Labute approximate surface area is 210 Å². The summed E-state index contributed by atoms with van der Waals surface area (Å²) in [5, 5.41) is 7.81. The average Bonchev–Trinajstić information content (AvgIpc) is 3.51. The van der Waals surface area contributed by atoms with Crippen LogP contribution in [0.2, 0.25) is 0 Å². The number of amides is 2. The van der Waals surface area contributed by atoms with Gasteiger partial charge in [-0.1, -0.05) is 41.7 Å². The molecule has 0 atom stereocenters. The van der Waals surface area contributed by atoms with Crippen LogP contribution >= 0.6 is 22.7 Å². The van der Waals surface area contributed by atoms with E-state index in [2.05, 4.69) is 27.3 Å². The van der Waals surface area contributed by atoms with Gasteiger partial charge < -0.3 is 20.7 Å². The second kappa shape index (κ2) is 10.1. The lowest BCUT2D eigenvalue weighted by atomic mass is 10.1. The molecule has 0 saturated carbocycles. The van der Waals surface area contributed by atoms with Crippen LogP contribution in [0.25, 0.3) is 10.8 Å². The lowest BCUT2D eigenvalue weighted by Gasteiger charge is -2.25. The Bertz CT molecular complexity index is 1380. The van der Waals surface area contributed by atoms with E-state index in [1.165, 1.54) is 11.3 Å². The monoisotopic (exact) mass is 507 g/mol. The maximum Gasteiger partial charge on any atom is 0.270 e. The van der Waals surface area contributed by atoms with Crippen LogP contribution in [0.1, 0.15) is 25.7 Å². The van der Waals surface area contributed by atoms with Gasteiger partial charge in [-0.15, -0.1) is 11.3 Å². The van der Waals surface area contributed by atoms with Gasteiger partial charge >= 0.3 is 0 Å². The first-order valence-electron chi connectivity index (χ1n) is 11.2. The number of hydrogen-bond acceptors (Lipinski definition) is 8. The Morgan fingerprint density at radius 2 is 1.91 bits per heavy atom. The third-order valence-corrected chi connectivity index (χ3v) is 7.85. The van der Waals surface area contributed by atoms with E-state index in [4.69, 9.17) is 10.5 Å². The van der Waals surface area contributed by atoms with E-state index in [0.29, 0.717) is 15.7 Å². The number of nitrogens with zero attached hydrogens (tertiary/aromatic N) is 3. The first-order chi connectivity index (χ1) is 17.0. The van der Waals surface area contributed by atoms with Crippen molar-refractivity contribution < 1.29 is 14.3 Å². The van der Waals surface area contributed by atoms with Gasteiger partial charge in [-0.2, -0.15) is 0 Å². The zero-order chi connectivity index (χ0) is 24.4. The smallest absolute Gasteiger partial charge is 0.270 e. The van der Waals surface area contributed by atoms with Crippen LogP contribution in [0.15, 0.2) is 53.9 Å². The maximum atomic E-state index is 13.0. The summed E-state index contributed by atoms with van der Waals surface area (Å²) in [6.07, 6.45) is 0. The number of morpholine rings is 1. The van der Waals surface area contributed by atoms with Gasteiger partial charge in [0.15, 0.2) is 10.8 Å².